The van der Waals surface area contributed by atoms with Gasteiger partial charge in [-0.1, -0.05) is 19.3 Å². The van der Waals surface area contributed by atoms with E-state index >= 15 is 0 Å². The minimum atomic E-state index is -0.547. The van der Waals surface area contributed by atoms with Gasteiger partial charge in [0.1, 0.15) is 0 Å². The molecular formula is C15H26N2O. The summed E-state index contributed by atoms with van der Waals surface area (Å²) in [5.74, 6) is 2.95. The highest BCUT2D eigenvalue weighted by atomic mass is 16.2. The monoisotopic (exact) mass is 250 g/mol. The number of nitrogens with one attached hydrogen (secondary N) is 1. The molecular weight excluding hydrogens is 224 g/mol. The molecule has 1 amide bonds. The van der Waals surface area contributed by atoms with Gasteiger partial charge in [0.15, 0.2) is 0 Å². The first kappa shape index (κ1) is 12.5. The molecule has 0 spiro atoms. The smallest absolute Gasteiger partial charge is 0.240 e. The molecule has 0 aromatic heterocycles. The zero-order chi connectivity index (χ0) is 12.6. The molecule has 2 bridgehead atoms. The highest BCUT2D eigenvalue weighted by molar-refractivity contribution is 5.86. The summed E-state index contributed by atoms with van der Waals surface area (Å²) in [4.78, 5) is 12.1. The molecule has 18 heavy (non-hydrogen) atoms. The molecule has 3 aliphatic rings. The van der Waals surface area contributed by atoms with Crippen LogP contribution in [0.25, 0.3) is 0 Å². The predicted octanol–water partition coefficient (Wildman–Crippen LogP) is 2.20. The van der Waals surface area contributed by atoms with Gasteiger partial charge in [0.2, 0.25) is 5.91 Å². The largest absolute Gasteiger partial charge is 0.354 e. The van der Waals surface area contributed by atoms with Gasteiger partial charge in [-0.3, -0.25) is 4.79 Å². The van der Waals surface area contributed by atoms with Gasteiger partial charge in [-0.15, -0.1) is 0 Å². The molecule has 3 aliphatic carbocycles. The fourth-order valence-electron chi connectivity index (χ4n) is 4.51. The molecule has 3 atom stereocenters. The van der Waals surface area contributed by atoms with E-state index in [-0.39, 0.29) is 5.91 Å². The van der Waals surface area contributed by atoms with Crippen LogP contribution in [0.4, 0.5) is 0 Å². The van der Waals surface area contributed by atoms with E-state index in [4.69, 9.17) is 5.73 Å². The van der Waals surface area contributed by atoms with Crippen LogP contribution in [0.3, 0.4) is 0 Å². The molecule has 3 nitrogen and oxygen atoms in total. The molecule has 0 aliphatic heterocycles. The standard InChI is InChI=1S/C15H26N2O/c16-15(6-1-2-7-15)14(18)17-8-5-13-10-11-3-4-12(13)9-11/h11-13H,1-10,16H2,(H,17,18). The van der Waals surface area contributed by atoms with Crippen molar-refractivity contribution in [3.63, 3.8) is 0 Å². The van der Waals surface area contributed by atoms with E-state index in [0.717, 1.165) is 50.0 Å². The predicted molar refractivity (Wildman–Crippen MR) is 72.0 cm³/mol. The summed E-state index contributed by atoms with van der Waals surface area (Å²) in [6, 6.07) is 0. The van der Waals surface area contributed by atoms with Crippen molar-refractivity contribution in [3.05, 3.63) is 0 Å². The summed E-state index contributed by atoms with van der Waals surface area (Å²) in [6.45, 7) is 0.839. The van der Waals surface area contributed by atoms with Gasteiger partial charge in [-0.25, -0.2) is 0 Å². The summed E-state index contributed by atoms with van der Waals surface area (Å²) in [5, 5.41) is 3.09. The van der Waals surface area contributed by atoms with Crippen molar-refractivity contribution in [3.8, 4) is 0 Å². The fraction of sp³-hybridized carbons (Fsp3) is 0.933. The van der Waals surface area contributed by atoms with E-state index in [9.17, 15) is 4.79 Å². The van der Waals surface area contributed by atoms with E-state index < -0.39 is 5.54 Å². The number of fused-ring (bicyclic) bond motifs is 2. The van der Waals surface area contributed by atoms with Crippen molar-refractivity contribution in [1.82, 2.24) is 5.32 Å². The lowest BCUT2D eigenvalue weighted by Gasteiger charge is -2.25. The van der Waals surface area contributed by atoms with Crippen molar-refractivity contribution in [2.24, 2.45) is 23.5 Å². The highest BCUT2D eigenvalue weighted by Gasteiger charge is 2.40. The Morgan fingerprint density at radius 3 is 2.61 bits per heavy atom. The first-order chi connectivity index (χ1) is 8.67. The van der Waals surface area contributed by atoms with Crippen LogP contribution in [0.2, 0.25) is 0 Å². The van der Waals surface area contributed by atoms with Crippen LogP contribution in [0.1, 0.15) is 57.8 Å². The second-order valence-electron chi connectivity index (χ2n) is 6.84. The SMILES string of the molecule is NC1(C(=O)NCCC2CC3CCC2C3)CCCC1. The van der Waals surface area contributed by atoms with Crippen molar-refractivity contribution < 1.29 is 4.79 Å². The van der Waals surface area contributed by atoms with Gasteiger partial charge >= 0.3 is 0 Å². The number of nitrogens with two attached hydrogens (primary N) is 1. The number of amides is 1. The van der Waals surface area contributed by atoms with Crippen molar-refractivity contribution in [2.75, 3.05) is 6.54 Å². The number of hydrogen-bond acceptors (Lipinski definition) is 2. The Hall–Kier alpha value is -0.570. The van der Waals surface area contributed by atoms with E-state index in [1.165, 1.54) is 32.1 Å². The van der Waals surface area contributed by atoms with E-state index in [1.807, 2.05) is 0 Å². The molecule has 0 radical (unpaired) electrons. The van der Waals surface area contributed by atoms with Gasteiger partial charge in [-0.05, 0) is 56.3 Å². The molecule has 0 aromatic rings. The van der Waals surface area contributed by atoms with Crippen LogP contribution in [0.15, 0.2) is 0 Å². The molecule has 0 aromatic carbocycles. The average Bonchev–Trinajstić information content (AvgIpc) is 3.05. The molecule has 3 saturated carbocycles. The Bertz CT molecular complexity index is 322. The van der Waals surface area contributed by atoms with Gasteiger partial charge in [-0.2, -0.15) is 0 Å². The molecule has 0 heterocycles. The summed E-state index contributed by atoms with van der Waals surface area (Å²) in [6.07, 6.45) is 10.9. The second-order valence-corrected chi connectivity index (χ2v) is 6.84. The number of hydrogen-bond donors (Lipinski definition) is 2. The maximum atomic E-state index is 12.1. The summed E-state index contributed by atoms with van der Waals surface area (Å²) < 4.78 is 0. The number of carbonyl (C=O) groups is 1. The fourth-order valence-corrected chi connectivity index (χ4v) is 4.51. The van der Waals surface area contributed by atoms with Crippen LogP contribution in [0.5, 0.6) is 0 Å². The lowest BCUT2D eigenvalue weighted by Crippen LogP contribution is -2.52. The van der Waals surface area contributed by atoms with E-state index in [0.29, 0.717) is 0 Å². The Balaban J connectivity index is 1.41. The van der Waals surface area contributed by atoms with Crippen molar-refractivity contribution in [2.45, 2.75) is 63.3 Å². The number of carbonyl (C=O) groups excluding carboxylic acids is 1. The van der Waals surface area contributed by atoms with Crippen molar-refractivity contribution in [1.29, 1.82) is 0 Å². The summed E-state index contributed by atoms with van der Waals surface area (Å²) >= 11 is 0. The van der Waals surface area contributed by atoms with Crippen LogP contribution in [-0.2, 0) is 4.79 Å². The second kappa shape index (κ2) is 4.84. The first-order valence-corrected chi connectivity index (χ1v) is 7.74. The first-order valence-electron chi connectivity index (χ1n) is 7.74. The zero-order valence-corrected chi connectivity index (χ0v) is 11.3. The lowest BCUT2D eigenvalue weighted by molar-refractivity contribution is -0.126. The van der Waals surface area contributed by atoms with E-state index in [2.05, 4.69) is 5.32 Å². The molecule has 3 N–H and O–H groups in total. The Labute approximate surface area is 110 Å². The molecule has 3 rings (SSSR count). The van der Waals surface area contributed by atoms with Gasteiger partial charge < -0.3 is 11.1 Å². The minimum absolute atomic E-state index is 0.100. The Morgan fingerprint density at radius 2 is 2.00 bits per heavy atom. The Morgan fingerprint density at radius 1 is 1.22 bits per heavy atom. The molecule has 3 fully saturated rings. The summed E-state index contributed by atoms with van der Waals surface area (Å²) in [5.41, 5.74) is 5.60. The third-order valence-electron chi connectivity index (χ3n) is 5.63. The normalized spacial score (nSPS) is 37.1. The maximum Gasteiger partial charge on any atom is 0.240 e. The minimum Gasteiger partial charge on any atom is -0.354 e. The lowest BCUT2D eigenvalue weighted by atomic mass is 9.86. The van der Waals surface area contributed by atoms with Gasteiger partial charge in [0.25, 0.3) is 0 Å². The average molecular weight is 250 g/mol. The maximum absolute atomic E-state index is 12.1. The van der Waals surface area contributed by atoms with Gasteiger partial charge in [0.05, 0.1) is 5.54 Å². The molecule has 3 unspecified atom stereocenters. The third kappa shape index (κ3) is 2.29. The van der Waals surface area contributed by atoms with Crippen LogP contribution >= 0.6 is 0 Å². The highest BCUT2D eigenvalue weighted by Crippen LogP contribution is 2.49. The molecule has 3 heteroatoms. The van der Waals surface area contributed by atoms with Crippen LogP contribution in [-0.4, -0.2) is 18.0 Å². The molecule has 102 valence electrons. The van der Waals surface area contributed by atoms with Crippen LogP contribution < -0.4 is 11.1 Å². The topological polar surface area (TPSA) is 55.1 Å². The van der Waals surface area contributed by atoms with Crippen LogP contribution in [0, 0.1) is 17.8 Å². The van der Waals surface area contributed by atoms with Gasteiger partial charge in [0, 0.05) is 6.54 Å². The quantitative estimate of drug-likeness (QED) is 0.803. The third-order valence-corrected chi connectivity index (χ3v) is 5.63. The van der Waals surface area contributed by atoms with E-state index in [1.54, 1.807) is 0 Å². The molecule has 0 saturated heterocycles. The Kier molecular flexibility index (Phi) is 3.35. The van der Waals surface area contributed by atoms with Crippen molar-refractivity contribution >= 4 is 5.91 Å². The zero-order valence-electron chi connectivity index (χ0n) is 11.3. The summed E-state index contributed by atoms with van der Waals surface area (Å²) in [7, 11) is 0. The number of rotatable bonds is 4.